The normalized spacial score (nSPS) is 22.1. The fraction of sp³-hybridized carbons (Fsp3) is 0.733. The number of aromatic nitrogens is 2. The summed E-state index contributed by atoms with van der Waals surface area (Å²) in [6.07, 6.45) is 3.18. The van der Waals surface area contributed by atoms with Crippen LogP contribution in [0.25, 0.3) is 0 Å². The number of nitrogens with one attached hydrogen (secondary N) is 1. The summed E-state index contributed by atoms with van der Waals surface area (Å²) in [5, 5.41) is 13.4. The van der Waals surface area contributed by atoms with Crippen molar-refractivity contribution in [3.8, 4) is 0 Å². The first-order chi connectivity index (χ1) is 10.0. The number of aliphatic hydroxyl groups is 1. The number of β-amino-alcohol motifs (C(OH)–C–C–N with tert-alkyl or cyclic N) is 1. The van der Waals surface area contributed by atoms with Gasteiger partial charge in [0.1, 0.15) is 18.0 Å². The second-order valence-corrected chi connectivity index (χ2v) is 6.06. The molecule has 1 aliphatic rings. The molecule has 0 radical (unpaired) electrons. The number of hydrogen-bond donors (Lipinski definition) is 2. The predicted octanol–water partition coefficient (Wildman–Crippen LogP) is 1.11. The van der Waals surface area contributed by atoms with E-state index in [1.165, 1.54) is 0 Å². The molecular weight excluding hydrogens is 266 g/mol. The maximum atomic E-state index is 10.0. The molecule has 118 valence electrons. The highest BCUT2D eigenvalue weighted by Crippen LogP contribution is 2.29. The van der Waals surface area contributed by atoms with Gasteiger partial charge in [-0.1, -0.05) is 6.92 Å². The largest absolute Gasteiger partial charge is 0.391 e. The first-order valence-corrected chi connectivity index (χ1v) is 7.67. The minimum Gasteiger partial charge on any atom is -0.391 e. The van der Waals surface area contributed by atoms with E-state index in [0.29, 0.717) is 12.6 Å². The standard InChI is InChI=1S/C15H27N5O/c1-5-6-16-14-11(2)15(18-10-17-14)20-9-13(21)7-12(20)8-19(3)4/h10,12-13,21H,5-9H2,1-4H3,(H,16,17,18). The van der Waals surface area contributed by atoms with Gasteiger partial charge in [0.15, 0.2) is 0 Å². The monoisotopic (exact) mass is 293 g/mol. The van der Waals surface area contributed by atoms with Crippen molar-refractivity contribution in [1.82, 2.24) is 14.9 Å². The Balaban J connectivity index is 2.23. The zero-order valence-electron chi connectivity index (χ0n) is 13.5. The molecule has 0 aromatic carbocycles. The van der Waals surface area contributed by atoms with E-state index < -0.39 is 0 Å². The summed E-state index contributed by atoms with van der Waals surface area (Å²) >= 11 is 0. The maximum absolute atomic E-state index is 10.0. The van der Waals surface area contributed by atoms with Gasteiger partial charge in [0.2, 0.25) is 0 Å². The van der Waals surface area contributed by atoms with Crippen molar-refractivity contribution in [2.24, 2.45) is 0 Å². The van der Waals surface area contributed by atoms with Crippen LogP contribution in [0, 0.1) is 6.92 Å². The van der Waals surface area contributed by atoms with Gasteiger partial charge in [-0.2, -0.15) is 0 Å². The van der Waals surface area contributed by atoms with Gasteiger partial charge >= 0.3 is 0 Å². The fourth-order valence-electron chi connectivity index (χ4n) is 2.90. The van der Waals surface area contributed by atoms with Crippen LogP contribution >= 0.6 is 0 Å². The van der Waals surface area contributed by atoms with E-state index in [2.05, 4.69) is 46.1 Å². The molecular formula is C15H27N5O. The molecule has 0 amide bonds. The Morgan fingerprint density at radius 1 is 1.43 bits per heavy atom. The van der Waals surface area contributed by atoms with Crippen LogP contribution in [0.3, 0.4) is 0 Å². The third-order valence-electron chi connectivity index (χ3n) is 3.84. The van der Waals surface area contributed by atoms with E-state index in [-0.39, 0.29) is 6.10 Å². The minimum absolute atomic E-state index is 0.281. The van der Waals surface area contributed by atoms with Crippen molar-refractivity contribution in [3.63, 3.8) is 0 Å². The van der Waals surface area contributed by atoms with E-state index in [4.69, 9.17) is 0 Å². The van der Waals surface area contributed by atoms with Crippen LogP contribution in [0.2, 0.25) is 0 Å². The van der Waals surface area contributed by atoms with Crippen molar-refractivity contribution in [3.05, 3.63) is 11.9 Å². The summed E-state index contributed by atoms with van der Waals surface area (Å²) < 4.78 is 0. The van der Waals surface area contributed by atoms with Crippen LogP contribution in [0.4, 0.5) is 11.6 Å². The SMILES string of the molecule is CCCNc1ncnc(N2CC(O)CC2CN(C)C)c1C. The lowest BCUT2D eigenvalue weighted by atomic mass is 10.2. The summed E-state index contributed by atoms with van der Waals surface area (Å²) in [6, 6.07) is 0.294. The predicted molar refractivity (Wildman–Crippen MR) is 85.9 cm³/mol. The van der Waals surface area contributed by atoms with Crippen LogP contribution < -0.4 is 10.2 Å². The van der Waals surface area contributed by atoms with E-state index >= 15 is 0 Å². The average molecular weight is 293 g/mol. The number of rotatable bonds is 6. The molecule has 1 aromatic heterocycles. The second-order valence-electron chi connectivity index (χ2n) is 6.06. The molecule has 6 heteroatoms. The zero-order chi connectivity index (χ0) is 15.4. The smallest absolute Gasteiger partial charge is 0.137 e. The van der Waals surface area contributed by atoms with E-state index in [9.17, 15) is 5.11 Å². The molecule has 1 aliphatic heterocycles. The molecule has 0 saturated carbocycles. The van der Waals surface area contributed by atoms with Crippen molar-refractivity contribution in [2.45, 2.75) is 38.8 Å². The summed E-state index contributed by atoms with van der Waals surface area (Å²) in [5.74, 6) is 1.83. The van der Waals surface area contributed by atoms with E-state index in [0.717, 1.165) is 43.1 Å². The summed E-state index contributed by atoms with van der Waals surface area (Å²) in [4.78, 5) is 13.2. The molecule has 21 heavy (non-hydrogen) atoms. The average Bonchev–Trinajstić information content (AvgIpc) is 2.77. The van der Waals surface area contributed by atoms with Gasteiger partial charge in [-0.25, -0.2) is 9.97 Å². The number of nitrogens with zero attached hydrogens (tertiary/aromatic N) is 4. The Kier molecular flexibility index (Phi) is 5.36. The van der Waals surface area contributed by atoms with Gasteiger partial charge in [-0.15, -0.1) is 0 Å². The molecule has 2 unspecified atom stereocenters. The molecule has 2 N–H and O–H groups in total. The fourth-order valence-corrected chi connectivity index (χ4v) is 2.90. The number of likely N-dealkylation sites (N-methyl/N-ethyl adjacent to an activating group) is 1. The zero-order valence-corrected chi connectivity index (χ0v) is 13.5. The van der Waals surface area contributed by atoms with E-state index in [1.54, 1.807) is 6.33 Å². The Morgan fingerprint density at radius 3 is 2.86 bits per heavy atom. The molecule has 2 heterocycles. The van der Waals surface area contributed by atoms with Gasteiger partial charge in [0.05, 0.1) is 6.10 Å². The van der Waals surface area contributed by atoms with Crippen molar-refractivity contribution in [1.29, 1.82) is 0 Å². The molecule has 2 atom stereocenters. The Labute approximate surface area is 127 Å². The lowest BCUT2D eigenvalue weighted by Crippen LogP contribution is -2.38. The molecule has 1 aromatic rings. The lowest BCUT2D eigenvalue weighted by Gasteiger charge is -2.29. The highest BCUT2D eigenvalue weighted by Gasteiger charge is 2.33. The van der Waals surface area contributed by atoms with Gasteiger partial charge < -0.3 is 20.2 Å². The van der Waals surface area contributed by atoms with Gasteiger partial charge in [0, 0.05) is 31.2 Å². The van der Waals surface area contributed by atoms with Gasteiger partial charge in [-0.3, -0.25) is 0 Å². The van der Waals surface area contributed by atoms with Gasteiger partial charge in [0.25, 0.3) is 0 Å². The van der Waals surface area contributed by atoms with Crippen LogP contribution in [0.15, 0.2) is 6.33 Å². The quantitative estimate of drug-likeness (QED) is 0.819. The third-order valence-corrected chi connectivity index (χ3v) is 3.84. The lowest BCUT2D eigenvalue weighted by molar-refractivity contribution is 0.191. The number of anilines is 2. The molecule has 0 aliphatic carbocycles. The topological polar surface area (TPSA) is 64.5 Å². The van der Waals surface area contributed by atoms with Crippen molar-refractivity contribution in [2.75, 3.05) is 43.9 Å². The first-order valence-electron chi connectivity index (χ1n) is 7.67. The number of aliphatic hydroxyl groups excluding tert-OH is 1. The molecule has 6 nitrogen and oxygen atoms in total. The molecule has 0 bridgehead atoms. The van der Waals surface area contributed by atoms with Crippen molar-refractivity contribution >= 4 is 11.6 Å². The van der Waals surface area contributed by atoms with Crippen LogP contribution in [-0.2, 0) is 0 Å². The first kappa shape index (κ1) is 16.0. The minimum atomic E-state index is -0.281. The van der Waals surface area contributed by atoms with Crippen LogP contribution in [0.5, 0.6) is 0 Å². The van der Waals surface area contributed by atoms with Crippen LogP contribution in [0.1, 0.15) is 25.3 Å². The maximum Gasteiger partial charge on any atom is 0.137 e. The Morgan fingerprint density at radius 2 is 2.19 bits per heavy atom. The second kappa shape index (κ2) is 7.04. The molecule has 1 fully saturated rings. The summed E-state index contributed by atoms with van der Waals surface area (Å²) in [6.45, 7) is 6.64. The molecule has 2 rings (SSSR count). The Hall–Kier alpha value is -1.40. The summed E-state index contributed by atoms with van der Waals surface area (Å²) in [5.41, 5.74) is 1.06. The highest BCUT2D eigenvalue weighted by molar-refractivity contribution is 5.59. The molecule has 1 saturated heterocycles. The molecule has 0 spiro atoms. The third kappa shape index (κ3) is 3.83. The van der Waals surface area contributed by atoms with Gasteiger partial charge in [-0.05, 0) is 33.9 Å². The van der Waals surface area contributed by atoms with Crippen LogP contribution in [-0.4, -0.2) is 65.8 Å². The number of hydrogen-bond acceptors (Lipinski definition) is 6. The highest BCUT2D eigenvalue weighted by atomic mass is 16.3. The van der Waals surface area contributed by atoms with E-state index in [1.807, 2.05) is 6.92 Å². The Bertz CT molecular complexity index is 465. The summed E-state index contributed by atoms with van der Waals surface area (Å²) in [7, 11) is 4.12. The van der Waals surface area contributed by atoms with Crippen molar-refractivity contribution < 1.29 is 5.11 Å².